The lowest BCUT2D eigenvalue weighted by Crippen LogP contribution is -2.42. The minimum absolute atomic E-state index is 0.134. The molecule has 1 aliphatic heterocycles. The van der Waals surface area contributed by atoms with Crippen molar-refractivity contribution in [2.45, 2.75) is 44.7 Å². The number of nitrogens with zero attached hydrogens (tertiary/aromatic N) is 1. The van der Waals surface area contributed by atoms with E-state index in [1.54, 1.807) is 24.6 Å². The zero-order valence-electron chi connectivity index (χ0n) is 15.9. The molecule has 1 heterocycles. The second-order valence-electron chi connectivity index (χ2n) is 6.85. The van der Waals surface area contributed by atoms with Gasteiger partial charge < -0.3 is 9.47 Å². The minimum atomic E-state index is -3.58. The molecule has 0 radical (unpaired) electrons. The molecule has 5 nitrogen and oxygen atoms in total. The normalized spacial score (nSPS) is 17.7. The molecule has 0 saturated heterocycles. The molecular formula is C20H25NO4S. The van der Waals surface area contributed by atoms with Crippen LogP contribution in [0.2, 0.25) is 0 Å². The Labute approximate surface area is 155 Å². The molecule has 2 aromatic rings. The average molecular weight is 375 g/mol. The summed E-state index contributed by atoms with van der Waals surface area (Å²) >= 11 is 0. The lowest BCUT2D eigenvalue weighted by Gasteiger charge is -2.34. The van der Waals surface area contributed by atoms with Crippen LogP contribution in [0.5, 0.6) is 11.5 Å². The summed E-state index contributed by atoms with van der Waals surface area (Å²) in [5, 5.41) is 0. The number of rotatable bonds is 4. The van der Waals surface area contributed by atoms with Gasteiger partial charge in [-0.3, -0.25) is 0 Å². The van der Waals surface area contributed by atoms with Gasteiger partial charge in [-0.25, -0.2) is 8.42 Å². The number of fused-ring (bicyclic) bond motifs is 1. The van der Waals surface area contributed by atoms with Crippen LogP contribution in [0.3, 0.4) is 0 Å². The predicted molar refractivity (Wildman–Crippen MR) is 101 cm³/mol. The summed E-state index contributed by atoms with van der Waals surface area (Å²) in [6, 6.07) is 9.24. The van der Waals surface area contributed by atoms with Crippen molar-refractivity contribution < 1.29 is 17.9 Å². The third-order valence-electron chi connectivity index (χ3n) is 4.97. The van der Waals surface area contributed by atoms with E-state index in [2.05, 4.69) is 0 Å². The maximum Gasteiger partial charge on any atom is 0.243 e. The predicted octanol–water partition coefficient (Wildman–Crippen LogP) is 3.46. The van der Waals surface area contributed by atoms with Crippen molar-refractivity contribution in [3.05, 3.63) is 52.6 Å². The molecule has 140 valence electrons. The summed E-state index contributed by atoms with van der Waals surface area (Å²) in [6.45, 7) is 6.02. The van der Waals surface area contributed by atoms with Gasteiger partial charge in [-0.15, -0.1) is 0 Å². The summed E-state index contributed by atoms with van der Waals surface area (Å²) in [7, 11) is -0.393. The molecule has 0 aromatic heterocycles. The van der Waals surface area contributed by atoms with Gasteiger partial charge in [0.25, 0.3) is 0 Å². The molecule has 1 atom stereocenters. The lowest BCUT2D eigenvalue weighted by atomic mass is 9.96. The van der Waals surface area contributed by atoms with Crippen LogP contribution in [0.1, 0.15) is 29.2 Å². The Kier molecular flexibility index (Phi) is 4.99. The molecule has 3 rings (SSSR count). The van der Waals surface area contributed by atoms with Crippen molar-refractivity contribution in [2.75, 3.05) is 14.2 Å². The molecule has 0 fully saturated rings. The van der Waals surface area contributed by atoms with Gasteiger partial charge in [0, 0.05) is 12.6 Å². The van der Waals surface area contributed by atoms with Crippen molar-refractivity contribution in [3.63, 3.8) is 0 Å². The van der Waals surface area contributed by atoms with Gasteiger partial charge in [0.15, 0.2) is 11.5 Å². The molecule has 0 spiro atoms. The van der Waals surface area contributed by atoms with Crippen molar-refractivity contribution in [1.82, 2.24) is 4.31 Å². The van der Waals surface area contributed by atoms with Crippen molar-refractivity contribution >= 4 is 10.0 Å². The van der Waals surface area contributed by atoms with E-state index in [0.29, 0.717) is 29.4 Å². The molecule has 0 saturated carbocycles. The molecule has 2 aromatic carbocycles. The molecule has 6 heteroatoms. The standard InChI is InChI=1S/C20H25NO4S/c1-13-6-7-14(2)20(8-13)26(22,23)21-12-17-11-19(25-5)18(24-4)10-16(17)9-15(21)3/h6-8,10-11,15H,9,12H2,1-5H3. The van der Waals surface area contributed by atoms with Crippen LogP contribution in [0.4, 0.5) is 0 Å². The highest BCUT2D eigenvalue weighted by atomic mass is 32.2. The second kappa shape index (κ2) is 6.93. The molecule has 0 amide bonds. The van der Waals surface area contributed by atoms with Crippen LogP contribution >= 0.6 is 0 Å². The number of sulfonamides is 1. The molecule has 26 heavy (non-hydrogen) atoms. The van der Waals surface area contributed by atoms with E-state index in [-0.39, 0.29) is 6.04 Å². The Balaban J connectivity index is 2.04. The average Bonchev–Trinajstić information content (AvgIpc) is 2.61. The van der Waals surface area contributed by atoms with Crippen LogP contribution in [0, 0.1) is 13.8 Å². The van der Waals surface area contributed by atoms with Gasteiger partial charge in [-0.2, -0.15) is 4.31 Å². The largest absolute Gasteiger partial charge is 0.493 e. The highest BCUT2D eigenvalue weighted by Crippen LogP contribution is 2.36. The van der Waals surface area contributed by atoms with Crippen LogP contribution < -0.4 is 9.47 Å². The summed E-state index contributed by atoms with van der Waals surface area (Å²) in [6.07, 6.45) is 0.639. The Morgan fingerprint density at radius 3 is 2.23 bits per heavy atom. The number of hydrogen-bond acceptors (Lipinski definition) is 4. The number of hydrogen-bond donors (Lipinski definition) is 0. The third-order valence-corrected chi connectivity index (χ3v) is 7.07. The maximum atomic E-state index is 13.3. The van der Waals surface area contributed by atoms with Gasteiger partial charge in [0.05, 0.1) is 19.1 Å². The smallest absolute Gasteiger partial charge is 0.243 e. The summed E-state index contributed by atoms with van der Waals surface area (Å²) in [5.41, 5.74) is 3.75. The van der Waals surface area contributed by atoms with Gasteiger partial charge in [-0.1, -0.05) is 12.1 Å². The highest BCUT2D eigenvalue weighted by molar-refractivity contribution is 7.89. The van der Waals surface area contributed by atoms with Crippen LogP contribution in [-0.2, 0) is 23.0 Å². The Morgan fingerprint density at radius 1 is 1.00 bits per heavy atom. The fourth-order valence-corrected chi connectivity index (χ4v) is 5.40. The molecule has 1 unspecified atom stereocenters. The van der Waals surface area contributed by atoms with E-state index in [4.69, 9.17) is 9.47 Å². The number of ether oxygens (including phenoxy) is 2. The third kappa shape index (κ3) is 3.19. The molecule has 0 aliphatic carbocycles. The maximum absolute atomic E-state index is 13.3. The van der Waals surface area contributed by atoms with Gasteiger partial charge in [-0.05, 0) is 67.6 Å². The second-order valence-corrected chi connectivity index (χ2v) is 8.71. The van der Waals surface area contributed by atoms with E-state index in [1.807, 2.05) is 45.0 Å². The van der Waals surface area contributed by atoms with Gasteiger partial charge >= 0.3 is 0 Å². The Bertz CT molecular complexity index is 937. The fraction of sp³-hybridized carbons (Fsp3) is 0.400. The first-order valence-corrected chi connectivity index (χ1v) is 10.0. The number of methoxy groups -OCH3 is 2. The van der Waals surface area contributed by atoms with Gasteiger partial charge in [0.1, 0.15) is 0 Å². The van der Waals surface area contributed by atoms with E-state index in [1.165, 1.54) is 0 Å². The number of benzene rings is 2. The van der Waals surface area contributed by atoms with Crippen LogP contribution in [0.15, 0.2) is 35.2 Å². The molecular weight excluding hydrogens is 350 g/mol. The molecule has 1 aliphatic rings. The zero-order chi connectivity index (χ0) is 19.1. The monoisotopic (exact) mass is 375 g/mol. The van der Waals surface area contributed by atoms with Gasteiger partial charge in [0.2, 0.25) is 10.0 Å². The number of aryl methyl sites for hydroxylation is 2. The van der Waals surface area contributed by atoms with E-state index in [0.717, 1.165) is 22.3 Å². The van der Waals surface area contributed by atoms with E-state index < -0.39 is 10.0 Å². The fourth-order valence-electron chi connectivity index (χ4n) is 3.48. The molecule has 0 bridgehead atoms. The summed E-state index contributed by atoms with van der Waals surface area (Å²) < 4.78 is 39.0. The first-order valence-electron chi connectivity index (χ1n) is 8.60. The SMILES string of the molecule is COc1cc2c(cc1OC)CN(S(=O)(=O)c1cc(C)ccc1C)C(C)C2. The van der Waals surface area contributed by atoms with Crippen LogP contribution in [0.25, 0.3) is 0 Å². The van der Waals surface area contributed by atoms with Crippen molar-refractivity contribution in [1.29, 1.82) is 0 Å². The first kappa shape index (κ1) is 18.7. The first-order chi connectivity index (χ1) is 12.3. The Hall–Kier alpha value is -2.05. The van der Waals surface area contributed by atoms with Crippen molar-refractivity contribution in [3.8, 4) is 11.5 Å². The summed E-state index contributed by atoms with van der Waals surface area (Å²) in [4.78, 5) is 0.383. The Morgan fingerprint density at radius 2 is 1.62 bits per heavy atom. The zero-order valence-corrected chi connectivity index (χ0v) is 16.7. The quantitative estimate of drug-likeness (QED) is 0.821. The molecule has 0 N–H and O–H groups in total. The lowest BCUT2D eigenvalue weighted by molar-refractivity contribution is 0.304. The van der Waals surface area contributed by atoms with E-state index in [9.17, 15) is 8.42 Å². The van der Waals surface area contributed by atoms with Crippen molar-refractivity contribution in [2.24, 2.45) is 0 Å². The van der Waals surface area contributed by atoms with E-state index >= 15 is 0 Å². The topological polar surface area (TPSA) is 55.8 Å². The highest BCUT2D eigenvalue weighted by Gasteiger charge is 2.34. The minimum Gasteiger partial charge on any atom is -0.493 e. The van der Waals surface area contributed by atoms with Crippen LogP contribution in [-0.4, -0.2) is 33.0 Å². The summed E-state index contributed by atoms with van der Waals surface area (Å²) in [5.74, 6) is 1.29.